The molecule has 1 unspecified atom stereocenters. The number of aromatic hydroxyl groups is 1. The van der Waals surface area contributed by atoms with Crippen LogP contribution in [0.4, 0.5) is 28.4 Å². The lowest BCUT2D eigenvalue weighted by molar-refractivity contribution is -0.130. The topological polar surface area (TPSA) is 337 Å². The van der Waals surface area contributed by atoms with Crippen LogP contribution in [0.2, 0.25) is 0 Å². The summed E-state index contributed by atoms with van der Waals surface area (Å²) in [7, 11) is -13.9. The molecule has 1 atom stereocenters. The quantitative estimate of drug-likeness (QED) is 0.0420. The highest BCUT2D eigenvalue weighted by Crippen LogP contribution is 2.43. The number of ether oxygens (including phenoxy) is 1. The highest BCUT2D eigenvalue weighted by Gasteiger charge is 2.41. The van der Waals surface area contributed by atoms with Gasteiger partial charge in [0.15, 0.2) is 11.8 Å². The van der Waals surface area contributed by atoms with Gasteiger partial charge in [-0.05, 0) is 61.0 Å². The van der Waals surface area contributed by atoms with Crippen LogP contribution in [0, 0.1) is 6.92 Å². The Bertz CT molecular complexity index is 2530. The number of hydrogen-bond acceptors (Lipinski definition) is 16. The molecule has 0 fully saturated rings. The molecule has 0 spiro atoms. The lowest BCUT2D eigenvalue weighted by Gasteiger charge is -2.20. The van der Waals surface area contributed by atoms with Crippen LogP contribution in [0.3, 0.4) is 0 Å². The summed E-state index contributed by atoms with van der Waals surface area (Å²) >= 11 is 0. The zero-order valence-electron chi connectivity index (χ0n) is 26.4. The van der Waals surface area contributed by atoms with Crippen LogP contribution in [0.5, 0.6) is 11.5 Å². The number of nitrogens with one attached hydrogen (secondary N) is 4. The number of carbonyl (C=O) groups excluding carboxylic acids is 1. The maximum Gasteiger partial charge on any atom is 0.354 e. The van der Waals surface area contributed by atoms with Crippen LogP contribution < -0.4 is 37.2 Å². The summed E-state index contributed by atoms with van der Waals surface area (Å²) < 4.78 is 108. The predicted octanol–water partition coefficient (Wildman–Crippen LogP) is 1.40. The molecule has 0 bridgehead atoms. The Hall–Kier alpha value is -5.76. The highest BCUT2D eigenvalue weighted by molar-refractivity contribution is 7.86. The highest BCUT2D eigenvalue weighted by atomic mass is 32.2. The summed E-state index contributed by atoms with van der Waals surface area (Å²) in [6.07, 6.45) is 0. The summed E-state index contributed by atoms with van der Waals surface area (Å²) in [6, 6.07) is 7.72. The number of aliphatic carboxylic acids is 1. The molecule has 0 radical (unpaired) electrons. The van der Waals surface area contributed by atoms with Gasteiger partial charge in [-0.15, -0.1) is 0 Å². The molecule has 1 heterocycles. The van der Waals surface area contributed by atoms with Crippen LogP contribution >= 0.6 is 0 Å². The molecule has 24 heteroatoms. The summed E-state index contributed by atoms with van der Waals surface area (Å²) in [4.78, 5) is 22.6. The Morgan fingerprint density at radius 2 is 1.52 bits per heavy atom. The second kappa shape index (κ2) is 13.4. The zero-order valence-corrected chi connectivity index (χ0v) is 28.8. The molecule has 1 aliphatic heterocycles. The average molecular weight is 782 g/mol. The van der Waals surface area contributed by atoms with E-state index < -0.39 is 91.2 Å². The fraction of sp³-hybridized carbons (Fsp3) is 0.107. The van der Waals surface area contributed by atoms with Crippen molar-refractivity contribution >= 4 is 87.2 Å². The number of anilines is 5. The molecule has 11 N–H and O–H groups in total. The molecule has 52 heavy (non-hydrogen) atoms. The standard InChI is InChI=1S/C28H27N7O14S3/c1-12-9-19(20(49-2)11-17(12)29)31-32-22-21(51(43,44)45)10-16-15(25(22)36)7-8-18(26(16)52(46,47)48)30-33-23-24(28(38)39)34-35(27(23)37)13-3-5-14(6-4-13)50(40,41)42/h3-11,23,30-33,36H,29H2,1-2H3,(H,38,39)(H,40,41,42)(H,43,44,45)(H,46,47,48). The van der Waals surface area contributed by atoms with Crippen LogP contribution in [0.1, 0.15) is 5.56 Å². The van der Waals surface area contributed by atoms with Gasteiger partial charge in [0, 0.05) is 22.5 Å². The van der Waals surface area contributed by atoms with Crippen molar-refractivity contribution in [1.82, 2.24) is 5.43 Å². The molecule has 4 aromatic rings. The minimum atomic E-state index is -5.35. The summed E-state index contributed by atoms with van der Waals surface area (Å²) in [5.41, 5.74) is 14.5. The van der Waals surface area contributed by atoms with E-state index in [4.69, 9.17) is 10.5 Å². The Kier molecular flexibility index (Phi) is 9.67. The molecule has 0 aromatic heterocycles. The number of rotatable bonds is 12. The van der Waals surface area contributed by atoms with E-state index in [2.05, 4.69) is 26.8 Å². The molecule has 0 saturated heterocycles. The Morgan fingerprint density at radius 3 is 2.08 bits per heavy atom. The number of hydrazone groups is 1. The minimum Gasteiger partial charge on any atom is -0.505 e. The van der Waals surface area contributed by atoms with Crippen molar-refractivity contribution in [2.75, 3.05) is 34.1 Å². The van der Waals surface area contributed by atoms with Gasteiger partial charge in [-0.25, -0.2) is 10.2 Å². The molecule has 21 nitrogen and oxygen atoms in total. The Labute approximate surface area is 293 Å². The molecule has 5 rings (SSSR count). The van der Waals surface area contributed by atoms with Gasteiger partial charge in [0.05, 0.1) is 29.1 Å². The maximum absolute atomic E-state index is 13.3. The van der Waals surface area contributed by atoms with Gasteiger partial charge in [0.2, 0.25) is 0 Å². The summed E-state index contributed by atoms with van der Waals surface area (Å²) in [6.45, 7) is 1.66. The molecular formula is C28H27N7O14S3. The Morgan fingerprint density at radius 1 is 0.865 bits per heavy atom. The maximum atomic E-state index is 13.3. The van der Waals surface area contributed by atoms with Gasteiger partial charge in [-0.2, -0.15) is 35.4 Å². The number of nitrogen functional groups attached to an aromatic ring is 1. The summed E-state index contributed by atoms with van der Waals surface area (Å²) in [5, 5.41) is 24.2. The van der Waals surface area contributed by atoms with Crippen molar-refractivity contribution in [2.45, 2.75) is 27.7 Å². The van der Waals surface area contributed by atoms with Gasteiger partial charge < -0.3 is 26.1 Å². The van der Waals surface area contributed by atoms with Crippen LogP contribution in [-0.4, -0.2) is 79.9 Å². The lowest BCUT2D eigenvalue weighted by Crippen LogP contribution is -2.48. The number of benzene rings is 4. The fourth-order valence-electron chi connectivity index (χ4n) is 5.05. The van der Waals surface area contributed by atoms with E-state index in [9.17, 15) is 58.7 Å². The number of methoxy groups -OCH3 is 1. The Balaban J connectivity index is 1.54. The van der Waals surface area contributed by atoms with Crippen molar-refractivity contribution in [3.8, 4) is 11.5 Å². The first-order valence-electron chi connectivity index (χ1n) is 14.1. The van der Waals surface area contributed by atoms with Gasteiger partial charge in [-0.3, -0.25) is 29.3 Å². The van der Waals surface area contributed by atoms with Crippen molar-refractivity contribution < 1.29 is 63.5 Å². The largest absolute Gasteiger partial charge is 0.505 e. The molecular weight excluding hydrogens is 755 g/mol. The van der Waals surface area contributed by atoms with E-state index in [0.29, 0.717) is 22.3 Å². The zero-order chi connectivity index (χ0) is 38.5. The van der Waals surface area contributed by atoms with Crippen molar-refractivity contribution in [3.05, 3.63) is 60.2 Å². The first-order chi connectivity index (χ1) is 24.1. The van der Waals surface area contributed by atoms with Crippen molar-refractivity contribution in [2.24, 2.45) is 5.10 Å². The first-order valence-corrected chi connectivity index (χ1v) is 18.4. The monoisotopic (exact) mass is 781 g/mol. The number of hydrogen-bond donors (Lipinski definition) is 10. The number of fused-ring (bicyclic) bond motifs is 1. The number of nitrogens with two attached hydrogens (primary N) is 1. The van der Waals surface area contributed by atoms with Crippen molar-refractivity contribution in [1.29, 1.82) is 0 Å². The van der Waals surface area contributed by atoms with Crippen LogP contribution in [-0.2, 0) is 39.9 Å². The number of amides is 1. The number of carboxylic acid groups (broad SMARTS) is 1. The molecule has 4 aromatic carbocycles. The third kappa shape index (κ3) is 7.19. The smallest absolute Gasteiger partial charge is 0.354 e. The average Bonchev–Trinajstić information content (AvgIpc) is 3.38. The number of carboxylic acids is 1. The molecule has 1 amide bonds. The predicted molar refractivity (Wildman–Crippen MR) is 184 cm³/mol. The van der Waals surface area contributed by atoms with Crippen LogP contribution in [0.15, 0.2) is 74.4 Å². The van der Waals surface area contributed by atoms with E-state index in [1.165, 1.54) is 19.2 Å². The molecule has 0 aliphatic carbocycles. The van der Waals surface area contributed by atoms with Crippen LogP contribution in [0.25, 0.3) is 10.8 Å². The SMILES string of the molecule is COc1cc(N)c(C)cc1NNc1c(S(=O)(=O)O)cc2c(S(=O)(=O)O)c(NNC3C(=O)N(c4ccc(S(=O)(=O)O)cc4)N=C3C(=O)O)ccc2c1O. The number of aryl methyl sites for hydroxylation is 1. The van der Waals surface area contributed by atoms with E-state index in [-0.39, 0.29) is 22.5 Å². The van der Waals surface area contributed by atoms with E-state index in [1.807, 2.05) is 0 Å². The first kappa shape index (κ1) is 37.5. The second-order valence-electron chi connectivity index (χ2n) is 10.9. The minimum absolute atomic E-state index is 0.123. The number of carbonyl (C=O) groups is 2. The molecule has 276 valence electrons. The normalized spacial score (nSPS) is 15.0. The van der Waals surface area contributed by atoms with Gasteiger partial charge in [0.25, 0.3) is 36.3 Å². The molecule has 1 aliphatic rings. The molecule has 0 saturated carbocycles. The number of hydrazine groups is 2. The lowest BCUT2D eigenvalue weighted by atomic mass is 10.1. The fourth-order valence-corrected chi connectivity index (χ4v) is 7.05. The third-order valence-electron chi connectivity index (χ3n) is 7.54. The number of phenols is 1. The second-order valence-corrected chi connectivity index (χ2v) is 15.0. The van der Waals surface area contributed by atoms with E-state index in [0.717, 1.165) is 36.4 Å². The number of phenolic OH excluding ortho intramolecular Hbond substituents is 1. The van der Waals surface area contributed by atoms with E-state index >= 15 is 0 Å². The van der Waals surface area contributed by atoms with Gasteiger partial charge >= 0.3 is 5.97 Å². The summed E-state index contributed by atoms with van der Waals surface area (Å²) in [5.74, 6) is -3.51. The van der Waals surface area contributed by atoms with Crippen molar-refractivity contribution in [3.63, 3.8) is 0 Å². The third-order valence-corrected chi connectivity index (χ3v) is 10.2. The van der Waals surface area contributed by atoms with Gasteiger partial charge in [-0.1, -0.05) is 0 Å². The number of nitrogens with zero attached hydrogens (tertiary/aromatic N) is 2. The van der Waals surface area contributed by atoms with Gasteiger partial charge in [0.1, 0.15) is 27.0 Å². The van der Waals surface area contributed by atoms with E-state index in [1.54, 1.807) is 6.92 Å².